The van der Waals surface area contributed by atoms with Crippen LogP contribution >= 0.6 is 0 Å². The molecule has 0 bridgehead atoms. The van der Waals surface area contributed by atoms with E-state index in [1.807, 2.05) is 13.2 Å². The van der Waals surface area contributed by atoms with Gasteiger partial charge in [-0.2, -0.15) is 0 Å². The number of imidazole rings is 1. The van der Waals surface area contributed by atoms with Gasteiger partial charge in [-0.15, -0.1) is 0 Å². The van der Waals surface area contributed by atoms with E-state index in [0.29, 0.717) is 12.0 Å². The summed E-state index contributed by atoms with van der Waals surface area (Å²) >= 11 is 0. The lowest BCUT2D eigenvalue weighted by molar-refractivity contribution is 0.481. The number of likely N-dealkylation sites (N-methyl/N-ethyl adjacent to an activating group) is 1. The molecule has 3 nitrogen and oxygen atoms in total. The fourth-order valence-corrected chi connectivity index (χ4v) is 2.75. The largest absolute Gasteiger partial charge is 0.333 e. The lowest BCUT2D eigenvalue weighted by Gasteiger charge is -2.20. The Balaban J connectivity index is 2.26. The number of hydrogen-bond donors (Lipinski definition) is 1. The molecule has 1 aromatic carbocycles. The van der Waals surface area contributed by atoms with Crippen LogP contribution in [0.5, 0.6) is 0 Å². The number of aryl methyl sites for hydroxylation is 2. The predicted octanol–water partition coefficient (Wildman–Crippen LogP) is 3.58. The molecule has 1 aromatic heterocycles. The number of aromatic nitrogens is 2. The molecule has 2 rings (SSSR count). The van der Waals surface area contributed by atoms with Crippen molar-refractivity contribution in [3.8, 4) is 0 Å². The van der Waals surface area contributed by atoms with Gasteiger partial charge in [0, 0.05) is 24.9 Å². The van der Waals surface area contributed by atoms with Crippen LogP contribution in [0.2, 0.25) is 0 Å². The van der Waals surface area contributed by atoms with Gasteiger partial charge in [0.15, 0.2) is 0 Å². The minimum Gasteiger partial charge on any atom is -0.333 e. The molecule has 0 spiro atoms. The van der Waals surface area contributed by atoms with Crippen molar-refractivity contribution in [2.24, 2.45) is 0 Å². The zero-order chi connectivity index (χ0) is 14.7. The lowest BCUT2D eigenvalue weighted by atomic mass is 10.0. The van der Waals surface area contributed by atoms with Gasteiger partial charge >= 0.3 is 0 Å². The summed E-state index contributed by atoms with van der Waals surface area (Å²) in [6, 6.07) is 7.05. The lowest BCUT2D eigenvalue weighted by Crippen LogP contribution is -2.23. The molecule has 0 aliphatic heterocycles. The summed E-state index contributed by atoms with van der Waals surface area (Å²) < 4.78 is 2.25. The SMILES string of the molecule is CNC(Cn1ccnc1C(C)C)c1cc(C)cc(C)c1. The third-order valence-corrected chi connectivity index (χ3v) is 3.64. The zero-order valence-electron chi connectivity index (χ0n) is 13.1. The van der Waals surface area contributed by atoms with Gasteiger partial charge < -0.3 is 9.88 Å². The number of hydrogen-bond acceptors (Lipinski definition) is 2. The fraction of sp³-hybridized carbons (Fsp3) is 0.471. The van der Waals surface area contributed by atoms with E-state index in [9.17, 15) is 0 Å². The van der Waals surface area contributed by atoms with Crippen molar-refractivity contribution in [2.45, 2.75) is 46.2 Å². The molecular formula is C17H25N3. The number of nitrogens with one attached hydrogen (secondary N) is 1. The van der Waals surface area contributed by atoms with Gasteiger partial charge in [0.05, 0.1) is 6.04 Å². The second-order valence-corrected chi connectivity index (χ2v) is 5.85. The molecule has 0 saturated carbocycles. The third kappa shape index (κ3) is 3.28. The first kappa shape index (κ1) is 14.8. The molecule has 0 aliphatic rings. The Bertz CT molecular complexity index is 549. The maximum atomic E-state index is 4.47. The summed E-state index contributed by atoms with van der Waals surface area (Å²) in [4.78, 5) is 4.47. The van der Waals surface area contributed by atoms with Gasteiger partial charge in [-0.1, -0.05) is 43.2 Å². The van der Waals surface area contributed by atoms with Crippen molar-refractivity contribution >= 4 is 0 Å². The number of rotatable bonds is 5. The van der Waals surface area contributed by atoms with Gasteiger partial charge in [-0.25, -0.2) is 4.98 Å². The molecule has 108 valence electrons. The molecule has 1 atom stereocenters. The van der Waals surface area contributed by atoms with Crippen LogP contribution in [0.25, 0.3) is 0 Å². The Kier molecular flexibility index (Phi) is 4.61. The number of nitrogens with zero attached hydrogens (tertiary/aromatic N) is 2. The second kappa shape index (κ2) is 6.23. The molecule has 3 heteroatoms. The molecule has 1 N–H and O–H groups in total. The summed E-state index contributed by atoms with van der Waals surface area (Å²) in [5, 5.41) is 3.43. The van der Waals surface area contributed by atoms with E-state index in [-0.39, 0.29) is 0 Å². The molecule has 0 aliphatic carbocycles. The van der Waals surface area contributed by atoms with Crippen molar-refractivity contribution in [2.75, 3.05) is 7.05 Å². The van der Waals surface area contributed by atoms with E-state index in [1.54, 1.807) is 0 Å². The molecule has 1 unspecified atom stereocenters. The van der Waals surface area contributed by atoms with Crippen molar-refractivity contribution in [1.82, 2.24) is 14.9 Å². The van der Waals surface area contributed by atoms with Gasteiger partial charge in [-0.05, 0) is 26.5 Å². The standard InChI is InChI=1S/C17H25N3/c1-12(2)17-19-6-7-20(17)11-16(18-5)15-9-13(3)8-14(4)10-15/h6-10,12,16,18H,11H2,1-5H3. The Hall–Kier alpha value is -1.61. The van der Waals surface area contributed by atoms with Gasteiger partial charge in [0.25, 0.3) is 0 Å². The van der Waals surface area contributed by atoms with Crippen LogP contribution in [-0.4, -0.2) is 16.6 Å². The van der Waals surface area contributed by atoms with Gasteiger partial charge in [0.2, 0.25) is 0 Å². The molecule has 0 radical (unpaired) electrons. The van der Waals surface area contributed by atoms with E-state index in [0.717, 1.165) is 12.4 Å². The van der Waals surface area contributed by atoms with E-state index in [1.165, 1.54) is 16.7 Å². The van der Waals surface area contributed by atoms with Crippen LogP contribution in [0.4, 0.5) is 0 Å². The van der Waals surface area contributed by atoms with Crippen LogP contribution in [-0.2, 0) is 6.54 Å². The molecule has 0 saturated heterocycles. The first-order valence-electron chi connectivity index (χ1n) is 7.27. The molecule has 0 fully saturated rings. The van der Waals surface area contributed by atoms with Crippen molar-refractivity contribution in [1.29, 1.82) is 0 Å². The third-order valence-electron chi connectivity index (χ3n) is 3.64. The highest BCUT2D eigenvalue weighted by Gasteiger charge is 2.14. The second-order valence-electron chi connectivity index (χ2n) is 5.85. The van der Waals surface area contributed by atoms with Crippen LogP contribution < -0.4 is 5.32 Å². The quantitative estimate of drug-likeness (QED) is 0.900. The van der Waals surface area contributed by atoms with Crippen LogP contribution in [0.15, 0.2) is 30.6 Å². The van der Waals surface area contributed by atoms with E-state index in [2.05, 4.69) is 67.0 Å². The highest BCUT2D eigenvalue weighted by Crippen LogP contribution is 2.21. The average molecular weight is 271 g/mol. The first-order valence-corrected chi connectivity index (χ1v) is 7.27. The maximum Gasteiger partial charge on any atom is 0.111 e. The van der Waals surface area contributed by atoms with Gasteiger partial charge in [-0.3, -0.25) is 0 Å². The highest BCUT2D eigenvalue weighted by molar-refractivity contribution is 5.30. The van der Waals surface area contributed by atoms with Crippen LogP contribution in [0.1, 0.15) is 48.3 Å². The van der Waals surface area contributed by atoms with Gasteiger partial charge in [0.1, 0.15) is 5.82 Å². The van der Waals surface area contributed by atoms with Crippen molar-refractivity contribution < 1.29 is 0 Å². The monoisotopic (exact) mass is 271 g/mol. The smallest absolute Gasteiger partial charge is 0.111 e. The Labute approximate surface area is 122 Å². The Morgan fingerprint density at radius 3 is 2.35 bits per heavy atom. The molecule has 20 heavy (non-hydrogen) atoms. The van der Waals surface area contributed by atoms with Crippen molar-refractivity contribution in [3.05, 3.63) is 53.1 Å². The topological polar surface area (TPSA) is 29.9 Å². The van der Waals surface area contributed by atoms with Crippen LogP contribution in [0, 0.1) is 13.8 Å². The minimum absolute atomic E-state index is 0.306. The normalized spacial score (nSPS) is 12.9. The van der Waals surface area contributed by atoms with E-state index >= 15 is 0 Å². The Morgan fingerprint density at radius 2 is 1.80 bits per heavy atom. The summed E-state index contributed by atoms with van der Waals surface area (Å²) in [6.07, 6.45) is 3.96. The fourth-order valence-electron chi connectivity index (χ4n) is 2.75. The highest BCUT2D eigenvalue weighted by atomic mass is 15.1. The van der Waals surface area contributed by atoms with Crippen LogP contribution in [0.3, 0.4) is 0 Å². The summed E-state index contributed by atoms with van der Waals surface area (Å²) in [6.45, 7) is 9.58. The maximum absolute atomic E-state index is 4.47. The van der Waals surface area contributed by atoms with E-state index in [4.69, 9.17) is 0 Å². The summed E-state index contributed by atoms with van der Waals surface area (Å²) in [5.41, 5.74) is 3.97. The molecule has 0 amide bonds. The molecule has 2 aromatic rings. The zero-order valence-corrected chi connectivity index (χ0v) is 13.1. The summed E-state index contributed by atoms with van der Waals surface area (Å²) in [5.74, 6) is 1.59. The Morgan fingerprint density at radius 1 is 1.15 bits per heavy atom. The van der Waals surface area contributed by atoms with E-state index < -0.39 is 0 Å². The average Bonchev–Trinajstić information content (AvgIpc) is 2.82. The minimum atomic E-state index is 0.306. The van der Waals surface area contributed by atoms with Crippen molar-refractivity contribution in [3.63, 3.8) is 0 Å². The molecular weight excluding hydrogens is 246 g/mol. The number of benzene rings is 1. The molecule has 1 heterocycles. The summed E-state index contributed by atoms with van der Waals surface area (Å²) in [7, 11) is 2.02. The predicted molar refractivity (Wildman–Crippen MR) is 84.0 cm³/mol. The first-order chi connectivity index (χ1) is 9.51.